The highest BCUT2D eigenvalue weighted by molar-refractivity contribution is 6.34. The molecule has 2 rings (SSSR count). The third-order valence-electron chi connectivity index (χ3n) is 2.81. The first-order chi connectivity index (χ1) is 9.67. The molecular formula is C16H17Cl2NO. The molecule has 0 saturated heterocycles. The molecule has 0 amide bonds. The monoisotopic (exact) mass is 309 g/mol. The minimum atomic E-state index is 0.497. The van der Waals surface area contributed by atoms with Gasteiger partial charge in [0.15, 0.2) is 0 Å². The second-order valence-corrected chi connectivity index (χ2v) is 5.37. The molecule has 0 bridgehead atoms. The van der Waals surface area contributed by atoms with Crippen molar-refractivity contribution in [1.82, 2.24) is 5.32 Å². The molecule has 0 aliphatic carbocycles. The average Bonchev–Trinajstić information content (AvgIpc) is 2.42. The van der Waals surface area contributed by atoms with Crippen molar-refractivity contribution in [1.29, 1.82) is 0 Å². The Hall–Kier alpha value is -1.22. The standard InChI is InChI=1S/C16H17Cl2NO/c1-2-19-10-12-4-3-5-13(6-12)11-20-16-8-14(17)7-15(18)9-16/h3-9,19H,2,10-11H2,1H3. The Bertz CT molecular complexity index is 552. The quantitative estimate of drug-likeness (QED) is 0.836. The van der Waals surface area contributed by atoms with E-state index in [1.54, 1.807) is 18.2 Å². The van der Waals surface area contributed by atoms with Crippen LogP contribution in [0.3, 0.4) is 0 Å². The van der Waals surface area contributed by atoms with E-state index in [0.717, 1.165) is 18.7 Å². The van der Waals surface area contributed by atoms with Crippen molar-refractivity contribution in [3.8, 4) is 5.75 Å². The summed E-state index contributed by atoms with van der Waals surface area (Å²) < 4.78 is 5.72. The van der Waals surface area contributed by atoms with Crippen LogP contribution in [0.2, 0.25) is 10.0 Å². The molecule has 1 N–H and O–H groups in total. The Morgan fingerprint density at radius 1 is 1.00 bits per heavy atom. The summed E-state index contributed by atoms with van der Waals surface area (Å²) in [6.07, 6.45) is 0. The molecule has 0 aliphatic rings. The molecule has 0 radical (unpaired) electrons. The van der Waals surface area contributed by atoms with Gasteiger partial charge in [-0.1, -0.05) is 54.4 Å². The van der Waals surface area contributed by atoms with E-state index in [4.69, 9.17) is 27.9 Å². The van der Waals surface area contributed by atoms with Crippen LogP contribution in [-0.2, 0) is 13.2 Å². The van der Waals surface area contributed by atoms with Crippen molar-refractivity contribution in [3.63, 3.8) is 0 Å². The molecule has 0 aliphatic heterocycles. The van der Waals surface area contributed by atoms with Gasteiger partial charge in [0, 0.05) is 16.6 Å². The average molecular weight is 310 g/mol. The molecule has 2 aromatic rings. The van der Waals surface area contributed by atoms with Gasteiger partial charge >= 0.3 is 0 Å². The number of rotatable bonds is 6. The number of ether oxygens (including phenoxy) is 1. The lowest BCUT2D eigenvalue weighted by Crippen LogP contribution is -2.11. The Morgan fingerprint density at radius 2 is 1.70 bits per heavy atom. The molecular weight excluding hydrogens is 293 g/mol. The van der Waals surface area contributed by atoms with Crippen molar-refractivity contribution in [2.75, 3.05) is 6.54 Å². The number of nitrogens with one attached hydrogen (secondary N) is 1. The van der Waals surface area contributed by atoms with Crippen LogP contribution < -0.4 is 10.1 Å². The van der Waals surface area contributed by atoms with Crippen molar-refractivity contribution in [2.24, 2.45) is 0 Å². The van der Waals surface area contributed by atoms with Gasteiger partial charge < -0.3 is 10.1 Å². The molecule has 0 atom stereocenters. The van der Waals surface area contributed by atoms with Crippen LogP contribution >= 0.6 is 23.2 Å². The zero-order valence-corrected chi connectivity index (χ0v) is 12.8. The molecule has 0 aromatic heterocycles. The molecule has 0 unspecified atom stereocenters. The van der Waals surface area contributed by atoms with E-state index < -0.39 is 0 Å². The van der Waals surface area contributed by atoms with Gasteiger partial charge in [-0.05, 0) is 35.9 Å². The summed E-state index contributed by atoms with van der Waals surface area (Å²) >= 11 is 11.9. The maximum absolute atomic E-state index is 5.94. The smallest absolute Gasteiger partial charge is 0.122 e. The molecule has 0 saturated carbocycles. The van der Waals surface area contributed by atoms with Gasteiger partial charge in [-0.3, -0.25) is 0 Å². The van der Waals surface area contributed by atoms with Crippen molar-refractivity contribution >= 4 is 23.2 Å². The maximum atomic E-state index is 5.94. The Balaban J connectivity index is 1.99. The van der Waals surface area contributed by atoms with Crippen LogP contribution in [0.4, 0.5) is 0 Å². The first-order valence-electron chi connectivity index (χ1n) is 6.55. The zero-order valence-electron chi connectivity index (χ0n) is 11.3. The zero-order chi connectivity index (χ0) is 14.4. The number of halogens is 2. The Labute approximate surface area is 129 Å². The highest BCUT2D eigenvalue weighted by Gasteiger charge is 2.01. The van der Waals surface area contributed by atoms with E-state index in [1.165, 1.54) is 5.56 Å². The van der Waals surface area contributed by atoms with Crippen LogP contribution in [0.5, 0.6) is 5.75 Å². The van der Waals surface area contributed by atoms with E-state index in [-0.39, 0.29) is 0 Å². The maximum Gasteiger partial charge on any atom is 0.122 e. The molecule has 2 aromatic carbocycles. The Morgan fingerprint density at radius 3 is 2.40 bits per heavy atom. The molecule has 4 heteroatoms. The lowest BCUT2D eigenvalue weighted by Gasteiger charge is -2.09. The van der Waals surface area contributed by atoms with Gasteiger partial charge in [-0.2, -0.15) is 0 Å². The fourth-order valence-electron chi connectivity index (χ4n) is 1.88. The minimum Gasteiger partial charge on any atom is -0.489 e. The molecule has 0 heterocycles. The summed E-state index contributed by atoms with van der Waals surface area (Å²) in [4.78, 5) is 0. The van der Waals surface area contributed by atoms with E-state index in [9.17, 15) is 0 Å². The largest absolute Gasteiger partial charge is 0.489 e. The fourth-order valence-corrected chi connectivity index (χ4v) is 2.38. The van der Waals surface area contributed by atoms with Gasteiger partial charge in [-0.15, -0.1) is 0 Å². The van der Waals surface area contributed by atoms with Gasteiger partial charge in [0.2, 0.25) is 0 Å². The van der Waals surface area contributed by atoms with Crippen LogP contribution in [0.15, 0.2) is 42.5 Å². The summed E-state index contributed by atoms with van der Waals surface area (Å²) in [5.41, 5.74) is 2.37. The third kappa shape index (κ3) is 4.71. The topological polar surface area (TPSA) is 21.3 Å². The number of hydrogen-bond donors (Lipinski definition) is 1. The summed E-state index contributed by atoms with van der Waals surface area (Å²) in [6.45, 7) is 4.42. The summed E-state index contributed by atoms with van der Waals surface area (Å²) in [5.74, 6) is 0.680. The normalized spacial score (nSPS) is 10.6. The predicted octanol–water partition coefficient (Wildman–Crippen LogP) is 4.68. The molecule has 0 fully saturated rings. The number of hydrogen-bond acceptors (Lipinski definition) is 2. The highest BCUT2D eigenvalue weighted by atomic mass is 35.5. The lowest BCUT2D eigenvalue weighted by molar-refractivity contribution is 0.306. The molecule has 106 valence electrons. The van der Waals surface area contributed by atoms with Crippen LogP contribution in [-0.4, -0.2) is 6.54 Å². The summed E-state index contributed by atoms with van der Waals surface area (Å²) in [6, 6.07) is 13.5. The van der Waals surface area contributed by atoms with E-state index in [1.807, 2.05) is 12.1 Å². The van der Waals surface area contributed by atoms with Gasteiger partial charge in [-0.25, -0.2) is 0 Å². The fraction of sp³-hybridized carbons (Fsp3) is 0.250. The summed E-state index contributed by atoms with van der Waals surface area (Å²) in [5, 5.41) is 4.46. The van der Waals surface area contributed by atoms with Crippen LogP contribution in [0, 0.1) is 0 Å². The minimum absolute atomic E-state index is 0.497. The van der Waals surface area contributed by atoms with Crippen LogP contribution in [0.1, 0.15) is 18.1 Å². The van der Waals surface area contributed by atoms with E-state index >= 15 is 0 Å². The highest BCUT2D eigenvalue weighted by Crippen LogP contribution is 2.24. The van der Waals surface area contributed by atoms with Crippen molar-refractivity contribution < 1.29 is 4.74 Å². The third-order valence-corrected chi connectivity index (χ3v) is 3.25. The molecule has 0 spiro atoms. The van der Waals surface area contributed by atoms with E-state index in [2.05, 4.69) is 24.4 Å². The van der Waals surface area contributed by atoms with Gasteiger partial charge in [0.1, 0.15) is 12.4 Å². The second-order valence-electron chi connectivity index (χ2n) is 4.49. The molecule has 2 nitrogen and oxygen atoms in total. The van der Waals surface area contributed by atoms with Gasteiger partial charge in [0.25, 0.3) is 0 Å². The SMILES string of the molecule is CCNCc1cccc(COc2cc(Cl)cc(Cl)c2)c1. The van der Waals surface area contributed by atoms with E-state index in [0.29, 0.717) is 22.4 Å². The summed E-state index contributed by atoms with van der Waals surface area (Å²) in [7, 11) is 0. The number of benzene rings is 2. The Kier molecular flexibility index (Phi) is 5.72. The first kappa shape index (κ1) is 15.2. The first-order valence-corrected chi connectivity index (χ1v) is 7.30. The predicted molar refractivity (Wildman–Crippen MR) is 84.6 cm³/mol. The van der Waals surface area contributed by atoms with Crippen molar-refractivity contribution in [3.05, 3.63) is 63.6 Å². The van der Waals surface area contributed by atoms with Gasteiger partial charge in [0.05, 0.1) is 0 Å². The van der Waals surface area contributed by atoms with Crippen molar-refractivity contribution in [2.45, 2.75) is 20.1 Å². The van der Waals surface area contributed by atoms with Crippen LogP contribution in [0.25, 0.3) is 0 Å². The lowest BCUT2D eigenvalue weighted by atomic mass is 10.1. The second kappa shape index (κ2) is 7.53. The molecule has 20 heavy (non-hydrogen) atoms.